The average Bonchev–Trinajstić information content (AvgIpc) is 2.58. The molecule has 1 atom stereocenters. The molecule has 0 aliphatic carbocycles. The molecular weight excluding hydrogens is 140 g/mol. The molecule has 1 fully saturated rings. The second-order valence-electron chi connectivity index (χ2n) is 2.79. The molecule has 2 heterocycles. The Bertz CT molecular complexity index is 202. The molecule has 1 radical (unpaired) electrons. The van der Waals surface area contributed by atoms with Crippen LogP contribution in [-0.4, -0.2) is 16.8 Å². The number of H-pyrrole nitrogens is 1. The second kappa shape index (κ2) is 3.05. The minimum atomic E-state index is 0.214. The highest BCUT2D eigenvalue weighted by atomic mass is 16.5. The summed E-state index contributed by atoms with van der Waals surface area (Å²) in [5.41, 5.74) is 0.990. The van der Waals surface area contributed by atoms with Crippen molar-refractivity contribution in [1.82, 2.24) is 10.2 Å². The van der Waals surface area contributed by atoms with Crippen molar-refractivity contribution < 1.29 is 4.74 Å². The molecule has 0 saturated carbocycles. The van der Waals surface area contributed by atoms with Gasteiger partial charge in [-0.1, -0.05) is 0 Å². The summed E-state index contributed by atoms with van der Waals surface area (Å²) in [4.78, 5) is 0. The first kappa shape index (κ1) is 6.85. The van der Waals surface area contributed by atoms with Crippen molar-refractivity contribution in [2.24, 2.45) is 0 Å². The van der Waals surface area contributed by atoms with Crippen molar-refractivity contribution in [3.8, 4) is 0 Å². The SMILES string of the molecule is [c]1cc(C2CCCCO2)n[nH]1. The summed E-state index contributed by atoms with van der Waals surface area (Å²) in [6, 6.07) is 1.86. The Morgan fingerprint density at radius 3 is 3.27 bits per heavy atom. The molecule has 2 rings (SSSR count). The van der Waals surface area contributed by atoms with Gasteiger partial charge in [0.1, 0.15) is 6.10 Å². The largest absolute Gasteiger partial charge is 0.372 e. The molecule has 0 bridgehead atoms. The lowest BCUT2D eigenvalue weighted by Crippen LogP contribution is -2.11. The second-order valence-corrected chi connectivity index (χ2v) is 2.79. The zero-order chi connectivity index (χ0) is 7.52. The lowest BCUT2D eigenvalue weighted by atomic mass is 10.1. The van der Waals surface area contributed by atoms with E-state index in [0.29, 0.717) is 0 Å². The first-order chi connectivity index (χ1) is 5.47. The Balaban J connectivity index is 2.04. The van der Waals surface area contributed by atoms with E-state index in [4.69, 9.17) is 4.74 Å². The van der Waals surface area contributed by atoms with Gasteiger partial charge in [-0.15, -0.1) is 0 Å². The Morgan fingerprint density at radius 1 is 1.64 bits per heavy atom. The van der Waals surface area contributed by atoms with E-state index in [0.717, 1.165) is 18.7 Å². The molecule has 11 heavy (non-hydrogen) atoms. The van der Waals surface area contributed by atoms with Crippen LogP contribution in [-0.2, 0) is 4.74 Å². The van der Waals surface area contributed by atoms with Crippen molar-refractivity contribution in [3.63, 3.8) is 0 Å². The summed E-state index contributed by atoms with van der Waals surface area (Å²) in [5, 5.41) is 6.71. The molecule has 1 aromatic heterocycles. The highest BCUT2D eigenvalue weighted by molar-refractivity contribution is 5.01. The van der Waals surface area contributed by atoms with Gasteiger partial charge in [0.25, 0.3) is 0 Å². The molecule has 3 heteroatoms. The van der Waals surface area contributed by atoms with Gasteiger partial charge in [0.2, 0.25) is 0 Å². The summed E-state index contributed by atoms with van der Waals surface area (Å²) in [5.74, 6) is 0. The van der Waals surface area contributed by atoms with Crippen molar-refractivity contribution in [3.05, 3.63) is 18.0 Å². The number of hydrogen-bond donors (Lipinski definition) is 1. The molecular formula is C8H11N2O. The number of aromatic nitrogens is 2. The maximum Gasteiger partial charge on any atom is 0.101 e. The normalized spacial score (nSPS) is 25.3. The predicted molar refractivity (Wildman–Crippen MR) is 40.0 cm³/mol. The fraction of sp³-hybridized carbons (Fsp3) is 0.625. The van der Waals surface area contributed by atoms with E-state index in [2.05, 4.69) is 16.4 Å². The third kappa shape index (κ3) is 1.43. The topological polar surface area (TPSA) is 37.9 Å². The molecule has 0 amide bonds. The molecule has 1 saturated heterocycles. The third-order valence-electron chi connectivity index (χ3n) is 1.98. The molecule has 1 N–H and O–H groups in total. The van der Waals surface area contributed by atoms with E-state index in [1.165, 1.54) is 12.8 Å². The van der Waals surface area contributed by atoms with Crippen LogP contribution >= 0.6 is 0 Å². The van der Waals surface area contributed by atoms with Crippen LogP contribution in [0.3, 0.4) is 0 Å². The Labute approximate surface area is 65.8 Å². The van der Waals surface area contributed by atoms with Crippen LogP contribution in [0.2, 0.25) is 0 Å². The molecule has 59 valence electrons. The van der Waals surface area contributed by atoms with Gasteiger partial charge in [-0.05, 0) is 25.3 Å². The maximum atomic E-state index is 5.52. The van der Waals surface area contributed by atoms with Gasteiger partial charge in [0, 0.05) is 6.61 Å². The fourth-order valence-electron chi connectivity index (χ4n) is 1.37. The standard InChI is InChI=1S/C8H11N2O/c1-2-6-11-8(3-1)7-4-5-9-10-7/h4,8H,1-3,6H2,(H,9,10). The van der Waals surface area contributed by atoms with Crippen LogP contribution in [0, 0.1) is 6.20 Å². The molecule has 0 spiro atoms. The summed E-state index contributed by atoms with van der Waals surface area (Å²) in [6.45, 7) is 0.873. The van der Waals surface area contributed by atoms with Crippen molar-refractivity contribution in [1.29, 1.82) is 0 Å². The number of nitrogens with zero attached hydrogens (tertiary/aromatic N) is 1. The monoisotopic (exact) mass is 151 g/mol. The van der Waals surface area contributed by atoms with Crippen LogP contribution in [0.1, 0.15) is 31.1 Å². The van der Waals surface area contributed by atoms with Gasteiger partial charge in [-0.25, -0.2) is 0 Å². The van der Waals surface area contributed by atoms with Crippen LogP contribution in [0.4, 0.5) is 0 Å². The summed E-state index contributed by atoms with van der Waals surface area (Å²) in [6.07, 6.45) is 6.55. The molecule has 0 aromatic carbocycles. The van der Waals surface area contributed by atoms with Gasteiger partial charge >= 0.3 is 0 Å². The fourth-order valence-corrected chi connectivity index (χ4v) is 1.37. The number of aromatic amines is 1. The van der Waals surface area contributed by atoms with Crippen LogP contribution in [0.5, 0.6) is 0 Å². The van der Waals surface area contributed by atoms with Gasteiger partial charge in [-0.2, -0.15) is 5.10 Å². The van der Waals surface area contributed by atoms with Gasteiger partial charge in [0.15, 0.2) is 0 Å². The third-order valence-corrected chi connectivity index (χ3v) is 1.98. The van der Waals surface area contributed by atoms with Crippen LogP contribution in [0.25, 0.3) is 0 Å². The molecule has 1 aliphatic heterocycles. The van der Waals surface area contributed by atoms with Gasteiger partial charge in [0.05, 0.1) is 11.9 Å². The summed E-state index contributed by atoms with van der Waals surface area (Å²) in [7, 11) is 0. The number of rotatable bonds is 1. The van der Waals surface area contributed by atoms with Crippen molar-refractivity contribution in [2.45, 2.75) is 25.4 Å². The first-order valence-corrected chi connectivity index (χ1v) is 4.00. The van der Waals surface area contributed by atoms with E-state index < -0.39 is 0 Å². The van der Waals surface area contributed by atoms with Crippen molar-refractivity contribution >= 4 is 0 Å². The maximum absolute atomic E-state index is 5.52. The van der Waals surface area contributed by atoms with E-state index in [1.807, 2.05) is 6.07 Å². The van der Waals surface area contributed by atoms with E-state index >= 15 is 0 Å². The van der Waals surface area contributed by atoms with E-state index in [-0.39, 0.29) is 6.10 Å². The Hall–Kier alpha value is -0.830. The molecule has 1 aliphatic rings. The molecule has 1 aromatic rings. The number of ether oxygens (including phenoxy) is 1. The highest BCUT2D eigenvalue weighted by Gasteiger charge is 2.17. The minimum Gasteiger partial charge on any atom is -0.372 e. The lowest BCUT2D eigenvalue weighted by Gasteiger charge is -2.20. The zero-order valence-corrected chi connectivity index (χ0v) is 6.34. The lowest BCUT2D eigenvalue weighted by molar-refractivity contribution is 0.0123. The number of nitrogens with one attached hydrogen (secondary N) is 1. The quantitative estimate of drug-likeness (QED) is 0.659. The average molecular weight is 151 g/mol. The van der Waals surface area contributed by atoms with Gasteiger partial charge < -0.3 is 4.74 Å². The van der Waals surface area contributed by atoms with Crippen LogP contribution < -0.4 is 0 Å². The highest BCUT2D eigenvalue weighted by Crippen LogP contribution is 2.25. The number of hydrogen-bond acceptors (Lipinski definition) is 2. The van der Waals surface area contributed by atoms with Crippen LogP contribution in [0.15, 0.2) is 6.07 Å². The Morgan fingerprint density at radius 2 is 2.64 bits per heavy atom. The van der Waals surface area contributed by atoms with Gasteiger partial charge in [-0.3, -0.25) is 5.10 Å². The summed E-state index contributed by atoms with van der Waals surface area (Å²) < 4.78 is 5.52. The predicted octanol–water partition coefficient (Wildman–Crippen LogP) is 1.45. The first-order valence-electron chi connectivity index (χ1n) is 4.00. The smallest absolute Gasteiger partial charge is 0.101 e. The summed E-state index contributed by atoms with van der Waals surface area (Å²) >= 11 is 0. The Kier molecular flexibility index (Phi) is 1.90. The van der Waals surface area contributed by atoms with Crippen molar-refractivity contribution in [2.75, 3.05) is 6.61 Å². The minimum absolute atomic E-state index is 0.214. The molecule has 3 nitrogen and oxygen atoms in total. The van der Waals surface area contributed by atoms with E-state index in [1.54, 1.807) is 0 Å². The zero-order valence-electron chi connectivity index (χ0n) is 6.34. The van der Waals surface area contributed by atoms with E-state index in [9.17, 15) is 0 Å². The molecule has 1 unspecified atom stereocenters.